The molecule has 0 bridgehead atoms. The smallest absolute Gasteiger partial charge is 0.452 e. The quantitative estimate of drug-likeness (QED) is 0.138. The average Bonchev–Trinajstić information content (AvgIpc) is 2.66. The number of rotatable bonds is 3. The summed E-state index contributed by atoms with van der Waals surface area (Å²) >= 11 is 8.51. The van der Waals surface area contributed by atoms with E-state index < -0.39 is 11.9 Å². The minimum absolute atomic E-state index is 0.278. The predicted molar refractivity (Wildman–Crippen MR) is 131 cm³/mol. The van der Waals surface area contributed by atoms with Crippen LogP contribution in [-0.2, 0) is 4.74 Å². The van der Waals surface area contributed by atoms with Crippen molar-refractivity contribution in [1.29, 1.82) is 0 Å². The number of fused-ring (bicyclic) bond motifs is 1. The molecule has 1 aliphatic heterocycles. The second kappa shape index (κ2) is 8.64. The van der Waals surface area contributed by atoms with Crippen molar-refractivity contribution in [3.63, 3.8) is 0 Å². The minimum atomic E-state index is -0.462. The van der Waals surface area contributed by atoms with Gasteiger partial charge in [0.25, 0.3) is 0 Å². The molecular formula is C17H9I4N2O4+. The van der Waals surface area contributed by atoms with Crippen LogP contribution in [0.2, 0.25) is 0 Å². The van der Waals surface area contributed by atoms with Crippen LogP contribution in [0.4, 0.5) is 5.69 Å². The Morgan fingerprint density at radius 1 is 0.963 bits per heavy atom. The van der Waals surface area contributed by atoms with E-state index in [4.69, 9.17) is 4.74 Å². The fourth-order valence-corrected chi connectivity index (χ4v) is 6.10. The van der Waals surface area contributed by atoms with Gasteiger partial charge in [-0.05, 0) is 114 Å². The number of nitrogens with zero attached hydrogens (tertiary/aromatic N) is 2. The fourth-order valence-electron chi connectivity index (χ4n) is 2.45. The summed E-state index contributed by atoms with van der Waals surface area (Å²) in [5, 5.41) is 3.97. The zero-order valence-electron chi connectivity index (χ0n) is 13.6. The SMILES string of the molecule is CCOC(=O)c1ccc([N+]2=NC(=O)c3c(I)c(I)c(I)c(I)c3C2=O)cc1. The van der Waals surface area contributed by atoms with Crippen LogP contribution in [-0.4, -0.2) is 29.1 Å². The highest BCUT2D eigenvalue weighted by Gasteiger charge is 2.41. The number of carbonyl (C=O) groups excluding carboxylic acids is 3. The molecule has 0 saturated heterocycles. The van der Waals surface area contributed by atoms with E-state index in [0.29, 0.717) is 22.4 Å². The highest BCUT2D eigenvalue weighted by atomic mass is 127. The summed E-state index contributed by atoms with van der Waals surface area (Å²) in [6, 6.07) is 6.23. The van der Waals surface area contributed by atoms with E-state index in [-0.39, 0.29) is 12.5 Å². The first-order valence-corrected chi connectivity index (χ1v) is 11.8. The summed E-state index contributed by atoms with van der Waals surface area (Å²) in [6.07, 6.45) is 0. The Morgan fingerprint density at radius 2 is 1.52 bits per heavy atom. The first-order chi connectivity index (χ1) is 12.8. The van der Waals surface area contributed by atoms with Crippen LogP contribution >= 0.6 is 90.4 Å². The molecule has 3 rings (SSSR count). The third-order valence-electron chi connectivity index (χ3n) is 3.70. The van der Waals surface area contributed by atoms with Gasteiger partial charge in [0.2, 0.25) is 5.69 Å². The third kappa shape index (κ3) is 3.94. The molecule has 0 spiro atoms. The molecular weight excluding hydrogens is 804 g/mol. The molecule has 10 heteroatoms. The number of halogens is 4. The van der Waals surface area contributed by atoms with Crippen molar-refractivity contribution in [1.82, 2.24) is 0 Å². The highest BCUT2D eigenvalue weighted by Crippen LogP contribution is 2.36. The molecule has 0 radical (unpaired) electrons. The van der Waals surface area contributed by atoms with E-state index in [2.05, 4.69) is 95.5 Å². The summed E-state index contributed by atoms with van der Waals surface area (Å²) in [6.45, 7) is 2.01. The van der Waals surface area contributed by atoms with Crippen LogP contribution in [0.15, 0.2) is 29.4 Å². The molecule has 0 saturated carbocycles. The Balaban J connectivity index is 2.08. The lowest BCUT2D eigenvalue weighted by molar-refractivity contribution is -0.407. The summed E-state index contributed by atoms with van der Waals surface area (Å²) in [5.74, 6) is -1.28. The van der Waals surface area contributed by atoms with Gasteiger partial charge >= 0.3 is 17.8 Å². The Hall–Kier alpha value is -0.230. The van der Waals surface area contributed by atoms with Crippen molar-refractivity contribution >= 4 is 114 Å². The van der Waals surface area contributed by atoms with E-state index in [1.54, 1.807) is 31.2 Å². The van der Waals surface area contributed by atoms with Crippen molar-refractivity contribution < 1.29 is 23.8 Å². The molecule has 6 nitrogen and oxygen atoms in total. The van der Waals surface area contributed by atoms with Crippen molar-refractivity contribution in [3.05, 3.63) is 55.2 Å². The molecule has 1 heterocycles. The van der Waals surface area contributed by atoms with Gasteiger partial charge in [0.1, 0.15) is 5.56 Å². The molecule has 0 aromatic heterocycles. The van der Waals surface area contributed by atoms with Crippen LogP contribution in [0, 0.1) is 14.3 Å². The largest absolute Gasteiger partial charge is 0.462 e. The molecule has 0 aliphatic carbocycles. The molecule has 1 aliphatic rings. The number of benzene rings is 2. The maximum Gasteiger partial charge on any atom is 0.452 e. The molecule has 0 N–H and O–H groups in total. The van der Waals surface area contributed by atoms with Crippen LogP contribution in [0.3, 0.4) is 0 Å². The van der Waals surface area contributed by atoms with E-state index in [1.807, 2.05) is 0 Å². The zero-order chi connectivity index (χ0) is 19.9. The number of hydrogen-bond donors (Lipinski definition) is 0. The second-order valence-corrected chi connectivity index (χ2v) is 9.61. The number of azo groups is 2. The molecule has 2 amide bonds. The van der Waals surface area contributed by atoms with Crippen LogP contribution < -0.4 is 0 Å². The van der Waals surface area contributed by atoms with Gasteiger partial charge in [0.15, 0.2) is 0 Å². The molecule has 2 aromatic carbocycles. The molecule has 0 atom stereocenters. The molecule has 27 heavy (non-hydrogen) atoms. The predicted octanol–water partition coefficient (Wildman–Crippen LogP) is 5.37. The average molecular weight is 813 g/mol. The molecule has 0 fully saturated rings. The maximum atomic E-state index is 13.1. The summed E-state index contributed by atoms with van der Waals surface area (Å²) in [5.41, 5.74) is 1.48. The van der Waals surface area contributed by atoms with E-state index in [9.17, 15) is 14.4 Å². The van der Waals surface area contributed by atoms with Gasteiger partial charge in [-0.1, -0.05) is 0 Å². The molecule has 2 aromatic rings. The second-order valence-electron chi connectivity index (χ2n) is 5.30. The van der Waals surface area contributed by atoms with Gasteiger partial charge in [0.05, 0.1) is 22.8 Å². The molecule has 138 valence electrons. The van der Waals surface area contributed by atoms with Crippen molar-refractivity contribution in [2.75, 3.05) is 6.61 Å². The topological polar surface area (TPSA) is 75.8 Å². The van der Waals surface area contributed by atoms with Gasteiger partial charge in [-0.15, -0.1) is 0 Å². The first kappa shape index (κ1) is 21.5. The van der Waals surface area contributed by atoms with E-state index >= 15 is 0 Å². The number of ether oxygens (including phenoxy) is 1. The third-order valence-corrected chi connectivity index (χ3v) is 11.1. The van der Waals surface area contributed by atoms with Crippen LogP contribution in [0.25, 0.3) is 0 Å². The Labute approximate surface area is 209 Å². The zero-order valence-corrected chi connectivity index (χ0v) is 22.2. The van der Waals surface area contributed by atoms with Gasteiger partial charge in [-0.2, -0.15) is 0 Å². The Bertz CT molecular complexity index is 1030. The lowest BCUT2D eigenvalue weighted by Crippen LogP contribution is -2.28. The van der Waals surface area contributed by atoms with Crippen LogP contribution in [0.5, 0.6) is 0 Å². The number of hydrogen-bond acceptors (Lipinski definition) is 4. The van der Waals surface area contributed by atoms with Gasteiger partial charge in [-0.3, -0.25) is 4.79 Å². The standard InChI is InChI=1S/C17H9I4N2O4/c1-2-27-17(26)7-3-5-8(6-4-7)23-16(25)10-9(15(24)22-23)11(18)13(20)14(21)12(10)19/h3-6H,2H2,1H3/q+1. The maximum absolute atomic E-state index is 13.1. The van der Waals surface area contributed by atoms with Crippen molar-refractivity contribution in [2.24, 2.45) is 5.11 Å². The Kier molecular flexibility index (Phi) is 6.88. The van der Waals surface area contributed by atoms with E-state index in [1.165, 1.54) is 0 Å². The fraction of sp³-hybridized carbons (Fsp3) is 0.118. The minimum Gasteiger partial charge on any atom is -0.462 e. The van der Waals surface area contributed by atoms with Gasteiger partial charge < -0.3 is 4.74 Å². The van der Waals surface area contributed by atoms with E-state index in [0.717, 1.165) is 19.0 Å². The molecule has 0 unspecified atom stereocenters. The number of esters is 1. The van der Waals surface area contributed by atoms with Crippen LogP contribution in [0.1, 0.15) is 38.0 Å². The van der Waals surface area contributed by atoms with Gasteiger partial charge in [0, 0.05) is 26.4 Å². The van der Waals surface area contributed by atoms with Crippen molar-refractivity contribution in [3.8, 4) is 0 Å². The normalized spacial score (nSPS) is 13.3. The number of carbonyl (C=O) groups is 3. The highest BCUT2D eigenvalue weighted by molar-refractivity contribution is 14.1. The number of amides is 2. The lowest BCUT2D eigenvalue weighted by Gasteiger charge is -2.14. The summed E-state index contributed by atoms with van der Waals surface area (Å²) < 4.78 is 9.35. The first-order valence-electron chi connectivity index (χ1n) is 7.51. The Morgan fingerprint density at radius 3 is 2.07 bits per heavy atom. The van der Waals surface area contributed by atoms with Gasteiger partial charge in [-0.25, -0.2) is 9.59 Å². The monoisotopic (exact) mass is 813 g/mol. The van der Waals surface area contributed by atoms with Crippen molar-refractivity contribution in [2.45, 2.75) is 6.92 Å². The summed E-state index contributed by atoms with van der Waals surface area (Å²) in [4.78, 5) is 37.5. The summed E-state index contributed by atoms with van der Waals surface area (Å²) in [7, 11) is 0. The lowest BCUT2D eigenvalue weighted by atomic mass is 10.0.